The Morgan fingerprint density at radius 2 is 2.12 bits per heavy atom. The molecule has 1 aromatic carbocycles. The van der Waals surface area contributed by atoms with E-state index in [4.69, 9.17) is 9.47 Å². The van der Waals surface area contributed by atoms with Crippen LogP contribution in [0, 0.1) is 13.8 Å². The fourth-order valence-electron chi connectivity index (χ4n) is 3.17. The fourth-order valence-corrected chi connectivity index (χ4v) is 3.17. The molecule has 0 radical (unpaired) electrons. The molecule has 1 aliphatic rings. The maximum absolute atomic E-state index is 10.3. The van der Waals surface area contributed by atoms with Crippen molar-refractivity contribution >= 4 is 0 Å². The summed E-state index contributed by atoms with van der Waals surface area (Å²) in [4.78, 5) is 2.23. The molecule has 25 heavy (non-hydrogen) atoms. The zero-order chi connectivity index (χ0) is 17.6. The van der Waals surface area contributed by atoms with Gasteiger partial charge in [-0.2, -0.15) is 5.10 Å². The predicted molar refractivity (Wildman–Crippen MR) is 95.8 cm³/mol. The molecule has 2 unspecified atom stereocenters. The van der Waals surface area contributed by atoms with Crippen LogP contribution in [0.15, 0.2) is 36.4 Å². The van der Waals surface area contributed by atoms with Gasteiger partial charge in [0.2, 0.25) is 0 Å². The van der Waals surface area contributed by atoms with Gasteiger partial charge in [0.25, 0.3) is 0 Å². The van der Waals surface area contributed by atoms with Gasteiger partial charge in [0.1, 0.15) is 18.5 Å². The van der Waals surface area contributed by atoms with Crippen molar-refractivity contribution in [1.29, 1.82) is 0 Å². The minimum atomic E-state index is -0.521. The molecule has 0 bridgehead atoms. The molecule has 0 amide bonds. The molecule has 0 spiro atoms. The fraction of sp³-hybridized carbons (Fsp3) is 0.526. The van der Waals surface area contributed by atoms with Gasteiger partial charge < -0.3 is 14.6 Å². The second kappa shape index (κ2) is 8.47. The third kappa shape index (κ3) is 5.29. The molecular formula is C19H27N3O3. The molecule has 2 aromatic rings. The van der Waals surface area contributed by atoms with Gasteiger partial charge in [0.15, 0.2) is 0 Å². The summed E-state index contributed by atoms with van der Waals surface area (Å²) < 4.78 is 13.5. The van der Waals surface area contributed by atoms with Crippen LogP contribution in [0.2, 0.25) is 0 Å². The zero-order valence-corrected chi connectivity index (χ0v) is 15.0. The van der Waals surface area contributed by atoms with Gasteiger partial charge in [-0.3, -0.25) is 9.58 Å². The molecule has 0 aliphatic carbocycles. The number of nitrogens with zero attached hydrogens (tertiary/aromatic N) is 3. The first-order valence-electron chi connectivity index (χ1n) is 8.81. The molecule has 2 atom stereocenters. The third-order valence-corrected chi connectivity index (χ3v) is 4.36. The smallest absolute Gasteiger partial charge is 0.119 e. The topological polar surface area (TPSA) is 59.8 Å². The Morgan fingerprint density at radius 1 is 1.32 bits per heavy atom. The Labute approximate surface area is 149 Å². The van der Waals surface area contributed by atoms with Crippen LogP contribution >= 0.6 is 0 Å². The number of rotatable bonds is 7. The predicted octanol–water partition coefficient (Wildman–Crippen LogP) is 1.64. The van der Waals surface area contributed by atoms with Crippen LogP contribution < -0.4 is 4.74 Å². The van der Waals surface area contributed by atoms with Crippen molar-refractivity contribution in [2.45, 2.75) is 32.6 Å². The van der Waals surface area contributed by atoms with E-state index in [1.54, 1.807) is 0 Å². The number of benzene rings is 1. The molecule has 136 valence electrons. The number of morpholine rings is 1. The van der Waals surface area contributed by atoms with Crippen molar-refractivity contribution in [3.05, 3.63) is 47.8 Å². The third-order valence-electron chi connectivity index (χ3n) is 4.36. The number of ether oxygens (including phenoxy) is 2. The molecule has 0 saturated carbocycles. The van der Waals surface area contributed by atoms with Crippen molar-refractivity contribution in [3.63, 3.8) is 0 Å². The highest BCUT2D eigenvalue weighted by Crippen LogP contribution is 2.12. The molecule has 3 rings (SSSR count). The number of hydrogen-bond acceptors (Lipinski definition) is 5. The Morgan fingerprint density at radius 3 is 2.84 bits per heavy atom. The van der Waals surface area contributed by atoms with Crippen LogP contribution in [0.3, 0.4) is 0 Å². The van der Waals surface area contributed by atoms with E-state index in [-0.39, 0.29) is 6.10 Å². The number of para-hydroxylation sites is 1. The van der Waals surface area contributed by atoms with E-state index < -0.39 is 6.10 Å². The van der Waals surface area contributed by atoms with Crippen molar-refractivity contribution in [1.82, 2.24) is 14.7 Å². The minimum Gasteiger partial charge on any atom is -0.491 e. The van der Waals surface area contributed by atoms with Gasteiger partial charge in [-0.25, -0.2) is 0 Å². The van der Waals surface area contributed by atoms with Crippen LogP contribution in [0.1, 0.15) is 11.4 Å². The molecule has 2 heterocycles. The first-order valence-corrected chi connectivity index (χ1v) is 8.81. The van der Waals surface area contributed by atoms with Gasteiger partial charge in [-0.05, 0) is 32.0 Å². The molecule has 6 nitrogen and oxygen atoms in total. The summed E-state index contributed by atoms with van der Waals surface area (Å²) >= 11 is 0. The average molecular weight is 345 g/mol. The molecular weight excluding hydrogens is 318 g/mol. The van der Waals surface area contributed by atoms with Crippen molar-refractivity contribution in [2.24, 2.45) is 0 Å². The molecule has 6 heteroatoms. The standard InChI is InChI=1S/C19H27N3O3/c1-15-10-16(2)22(20-15)13-19-12-21(8-9-24-19)11-17(23)14-25-18-6-4-3-5-7-18/h3-7,10,17,19,23H,8-9,11-14H2,1-2H3. The van der Waals surface area contributed by atoms with E-state index >= 15 is 0 Å². The molecule has 1 fully saturated rings. The van der Waals surface area contributed by atoms with Crippen LogP contribution in [-0.4, -0.2) is 64.8 Å². The maximum Gasteiger partial charge on any atom is 0.119 e. The average Bonchev–Trinajstić information content (AvgIpc) is 2.91. The monoisotopic (exact) mass is 345 g/mol. The Balaban J connectivity index is 1.45. The number of aryl methyl sites for hydroxylation is 2. The van der Waals surface area contributed by atoms with Gasteiger partial charge in [0, 0.05) is 25.3 Å². The number of aromatic nitrogens is 2. The maximum atomic E-state index is 10.3. The summed E-state index contributed by atoms with van der Waals surface area (Å²) in [7, 11) is 0. The Kier molecular flexibility index (Phi) is 6.07. The lowest BCUT2D eigenvalue weighted by Crippen LogP contribution is -2.47. The van der Waals surface area contributed by atoms with Crippen LogP contribution in [-0.2, 0) is 11.3 Å². The van der Waals surface area contributed by atoms with Gasteiger partial charge in [-0.15, -0.1) is 0 Å². The highest BCUT2D eigenvalue weighted by atomic mass is 16.5. The number of β-amino-alcohol motifs (C(OH)–C–C–N with tert-alkyl or cyclic N) is 1. The number of aliphatic hydroxyl groups is 1. The normalized spacial score (nSPS) is 19.7. The van der Waals surface area contributed by atoms with Crippen LogP contribution in [0.4, 0.5) is 0 Å². The summed E-state index contributed by atoms with van der Waals surface area (Å²) in [5.74, 6) is 0.783. The highest BCUT2D eigenvalue weighted by Gasteiger charge is 2.23. The second-order valence-electron chi connectivity index (χ2n) is 6.64. The van der Waals surface area contributed by atoms with E-state index in [2.05, 4.69) is 23.0 Å². The van der Waals surface area contributed by atoms with Gasteiger partial charge in [0.05, 0.1) is 24.9 Å². The van der Waals surface area contributed by atoms with E-state index in [1.807, 2.05) is 41.9 Å². The summed E-state index contributed by atoms with van der Waals surface area (Å²) in [6.07, 6.45) is -0.429. The minimum absolute atomic E-state index is 0.0917. The lowest BCUT2D eigenvalue weighted by Gasteiger charge is -2.34. The first-order chi connectivity index (χ1) is 12.1. The number of aliphatic hydroxyl groups excluding tert-OH is 1. The van der Waals surface area contributed by atoms with Gasteiger partial charge in [-0.1, -0.05) is 18.2 Å². The largest absolute Gasteiger partial charge is 0.491 e. The van der Waals surface area contributed by atoms with E-state index in [1.165, 1.54) is 0 Å². The van der Waals surface area contributed by atoms with E-state index in [9.17, 15) is 5.11 Å². The van der Waals surface area contributed by atoms with E-state index in [0.717, 1.165) is 36.8 Å². The van der Waals surface area contributed by atoms with Crippen LogP contribution in [0.5, 0.6) is 5.75 Å². The summed E-state index contributed by atoms with van der Waals surface area (Å²) in [5, 5.41) is 14.8. The quantitative estimate of drug-likeness (QED) is 0.827. The van der Waals surface area contributed by atoms with E-state index in [0.29, 0.717) is 19.8 Å². The van der Waals surface area contributed by atoms with Crippen molar-refractivity contribution in [2.75, 3.05) is 32.8 Å². The first kappa shape index (κ1) is 17.9. The summed E-state index contributed by atoms with van der Waals surface area (Å²) in [6, 6.07) is 11.7. The van der Waals surface area contributed by atoms with Crippen LogP contribution in [0.25, 0.3) is 0 Å². The molecule has 1 aliphatic heterocycles. The Hall–Kier alpha value is -1.89. The number of hydrogen-bond donors (Lipinski definition) is 1. The van der Waals surface area contributed by atoms with Crippen molar-refractivity contribution < 1.29 is 14.6 Å². The Bertz CT molecular complexity index is 659. The SMILES string of the molecule is Cc1cc(C)n(CC2CN(CC(O)COc3ccccc3)CCO2)n1. The second-order valence-corrected chi connectivity index (χ2v) is 6.64. The molecule has 1 saturated heterocycles. The lowest BCUT2D eigenvalue weighted by atomic mass is 10.2. The zero-order valence-electron chi connectivity index (χ0n) is 15.0. The molecule has 1 N–H and O–H groups in total. The summed E-state index contributed by atoms with van der Waals surface area (Å²) in [6.45, 7) is 7.99. The summed E-state index contributed by atoms with van der Waals surface area (Å²) in [5.41, 5.74) is 2.17. The highest BCUT2D eigenvalue weighted by molar-refractivity contribution is 5.20. The molecule has 1 aromatic heterocycles. The van der Waals surface area contributed by atoms with Crippen molar-refractivity contribution in [3.8, 4) is 5.75 Å². The van der Waals surface area contributed by atoms with Gasteiger partial charge >= 0.3 is 0 Å². The lowest BCUT2D eigenvalue weighted by molar-refractivity contribution is -0.0519.